The fraction of sp³-hybridized carbons (Fsp3) is 0.250. The minimum absolute atomic E-state index is 0.0489. The first-order valence-electron chi connectivity index (χ1n) is 4.90. The number of nitrogens with zero attached hydrogens (tertiary/aromatic N) is 1. The quantitative estimate of drug-likeness (QED) is 0.755. The minimum Gasteiger partial charge on any atom is -0.300 e. The van der Waals surface area contributed by atoms with Crippen LogP contribution in [-0.2, 0) is 9.59 Å². The molecule has 1 aromatic carbocycles. The van der Waals surface area contributed by atoms with E-state index in [0.717, 1.165) is 0 Å². The molecule has 0 bridgehead atoms. The predicted octanol–water partition coefficient (Wildman–Crippen LogP) is 2.35. The first-order valence-corrected chi connectivity index (χ1v) is 5.31. The second-order valence-corrected chi connectivity index (χ2v) is 3.93. The molecule has 0 N–H and O–H groups in total. The van der Waals surface area contributed by atoms with Crippen molar-refractivity contribution in [2.45, 2.75) is 20.3 Å². The van der Waals surface area contributed by atoms with Gasteiger partial charge in [-0.15, -0.1) is 0 Å². The van der Waals surface area contributed by atoms with Crippen LogP contribution in [0.5, 0.6) is 0 Å². The number of Topliss-reactive ketones (excluding diaryl/α,β-unsaturated/α-hetero) is 1. The maximum atomic E-state index is 11.5. The zero-order chi connectivity index (χ0) is 12.1. The van der Waals surface area contributed by atoms with Crippen LogP contribution in [-0.4, -0.2) is 16.7 Å². The van der Waals surface area contributed by atoms with Crippen molar-refractivity contribution < 1.29 is 9.59 Å². The summed E-state index contributed by atoms with van der Waals surface area (Å²) in [4.78, 5) is 24.2. The Morgan fingerprint density at radius 1 is 1.19 bits per heavy atom. The maximum Gasteiger partial charge on any atom is 0.228 e. The Labute approximate surface area is 100 Å². The van der Waals surface area contributed by atoms with E-state index in [0.29, 0.717) is 10.7 Å². The molecule has 0 spiro atoms. The second kappa shape index (κ2) is 5.51. The molecule has 0 fully saturated rings. The van der Waals surface area contributed by atoms with Crippen LogP contribution in [0.25, 0.3) is 0 Å². The lowest BCUT2D eigenvalue weighted by molar-refractivity contribution is -0.115. The molecule has 0 aliphatic heterocycles. The molecule has 0 radical (unpaired) electrons. The van der Waals surface area contributed by atoms with E-state index < -0.39 is 0 Å². The van der Waals surface area contributed by atoms with Gasteiger partial charge in [-0.1, -0.05) is 30.4 Å². The van der Waals surface area contributed by atoms with Gasteiger partial charge in [0.25, 0.3) is 0 Å². The number of hydrogen-bond donors (Lipinski definition) is 0. The first-order chi connectivity index (χ1) is 7.52. The van der Waals surface area contributed by atoms with Crippen LogP contribution in [0.2, 0.25) is 0 Å². The van der Waals surface area contributed by atoms with Crippen LogP contribution in [0.1, 0.15) is 20.3 Å². The van der Waals surface area contributed by atoms with Crippen LogP contribution in [0.4, 0.5) is 5.69 Å². The third-order valence-electron chi connectivity index (χ3n) is 1.98. The summed E-state index contributed by atoms with van der Waals surface area (Å²) in [6.07, 6.45) is 0.115. The number of ketones is 1. The number of para-hydroxylation sites is 1. The van der Waals surface area contributed by atoms with E-state index in [-0.39, 0.29) is 18.1 Å². The summed E-state index contributed by atoms with van der Waals surface area (Å²) in [5.74, 6) is -0.232. The summed E-state index contributed by atoms with van der Waals surface area (Å²) in [6, 6.07) is 9.07. The molecule has 0 aromatic heterocycles. The van der Waals surface area contributed by atoms with Gasteiger partial charge in [-0.3, -0.25) is 14.5 Å². The Hall–Kier alpha value is -1.55. The zero-order valence-corrected chi connectivity index (χ0v) is 10.1. The predicted molar refractivity (Wildman–Crippen MR) is 67.5 cm³/mol. The molecule has 3 nitrogen and oxygen atoms in total. The maximum absolute atomic E-state index is 11.5. The van der Waals surface area contributed by atoms with Crippen LogP contribution in [0.3, 0.4) is 0 Å². The summed E-state index contributed by atoms with van der Waals surface area (Å²) in [5, 5.41) is 0. The van der Waals surface area contributed by atoms with Crippen LogP contribution in [0, 0.1) is 0 Å². The number of benzene rings is 1. The smallest absolute Gasteiger partial charge is 0.228 e. The number of thiocarbonyl (C=S) groups is 1. The highest BCUT2D eigenvalue weighted by atomic mass is 32.1. The lowest BCUT2D eigenvalue weighted by atomic mass is 10.2. The molecule has 0 aliphatic rings. The lowest BCUT2D eigenvalue weighted by Crippen LogP contribution is -2.34. The highest BCUT2D eigenvalue weighted by Gasteiger charge is 2.17. The van der Waals surface area contributed by atoms with Crippen molar-refractivity contribution in [1.29, 1.82) is 0 Å². The van der Waals surface area contributed by atoms with Crippen molar-refractivity contribution in [3.05, 3.63) is 30.3 Å². The van der Waals surface area contributed by atoms with Gasteiger partial charge in [-0.25, -0.2) is 0 Å². The average molecular weight is 235 g/mol. The Morgan fingerprint density at radius 2 is 1.75 bits per heavy atom. The lowest BCUT2D eigenvalue weighted by Gasteiger charge is -2.21. The Balaban J connectivity index is 2.97. The Bertz CT molecular complexity index is 414. The summed E-state index contributed by atoms with van der Waals surface area (Å²) in [6.45, 7) is 2.88. The van der Waals surface area contributed by atoms with Gasteiger partial charge in [0, 0.05) is 12.6 Å². The highest BCUT2D eigenvalue weighted by Crippen LogP contribution is 2.15. The van der Waals surface area contributed by atoms with E-state index in [1.165, 1.54) is 18.7 Å². The fourth-order valence-corrected chi connectivity index (χ4v) is 1.81. The molecular formula is C12H13NO2S. The second-order valence-electron chi connectivity index (χ2n) is 3.46. The molecule has 4 heteroatoms. The molecule has 1 aromatic rings. The molecule has 1 amide bonds. The number of hydrogen-bond acceptors (Lipinski definition) is 3. The van der Waals surface area contributed by atoms with Gasteiger partial charge in [0.05, 0.1) is 11.4 Å². The zero-order valence-electron chi connectivity index (χ0n) is 9.27. The van der Waals surface area contributed by atoms with Crippen LogP contribution in [0.15, 0.2) is 30.3 Å². The van der Waals surface area contributed by atoms with Crippen molar-refractivity contribution in [3.63, 3.8) is 0 Å². The monoisotopic (exact) mass is 235 g/mol. The van der Waals surface area contributed by atoms with Gasteiger partial charge in [0.2, 0.25) is 5.91 Å². The van der Waals surface area contributed by atoms with Gasteiger partial charge in [0.1, 0.15) is 5.78 Å². The summed E-state index contributed by atoms with van der Waals surface area (Å²) >= 11 is 5.09. The molecule has 0 saturated carbocycles. The summed E-state index contributed by atoms with van der Waals surface area (Å²) < 4.78 is 0. The van der Waals surface area contributed by atoms with Crippen molar-refractivity contribution in [2.24, 2.45) is 0 Å². The molecule has 0 aliphatic carbocycles. The van der Waals surface area contributed by atoms with Gasteiger partial charge in [-0.05, 0) is 19.1 Å². The molecular weight excluding hydrogens is 222 g/mol. The van der Waals surface area contributed by atoms with Crippen molar-refractivity contribution in [3.8, 4) is 0 Å². The van der Waals surface area contributed by atoms with E-state index in [2.05, 4.69) is 0 Å². The molecule has 1 rings (SSSR count). The first kappa shape index (κ1) is 12.5. The number of anilines is 1. The average Bonchev–Trinajstić information content (AvgIpc) is 2.17. The van der Waals surface area contributed by atoms with E-state index in [1.807, 2.05) is 18.2 Å². The third-order valence-corrected chi connectivity index (χ3v) is 2.31. The standard InChI is InChI=1S/C12H13NO2S/c1-9(14)8-12(16)13(10(2)15)11-6-4-3-5-7-11/h3-7H,8H2,1-2H3. The van der Waals surface area contributed by atoms with Crippen LogP contribution >= 0.6 is 12.2 Å². The Kier molecular flexibility index (Phi) is 4.31. The molecule has 0 saturated heterocycles. The largest absolute Gasteiger partial charge is 0.300 e. The van der Waals surface area contributed by atoms with Crippen molar-refractivity contribution in [1.82, 2.24) is 0 Å². The van der Waals surface area contributed by atoms with E-state index in [1.54, 1.807) is 12.1 Å². The molecule has 0 unspecified atom stereocenters. The number of carbonyl (C=O) groups excluding carboxylic acids is 2. The minimum atomic E-state index is -0.183. The molecule has 16 heavy (non-hydrogen) atoms. The molecule has 84 valence electrons. The molecule has 0 heterocycles. The normalized spacial score (nSPS) is 9.62. The summed E-state index contributed by atoms with van der Waals surface area (Å²) in [5.41, 5.74) is 0.696. The topological polar surface area (TPSA) is 37.4 Å². The Morgan fingerprint density at radius 3 is 2.19 bits per heavy atom. The van der Waals surface area contributed by atoms with E-state index in [4.69, 9.17) is 12.2 Å². The fourth-order valence-electron chi connectivity index (χ4n) is 1.37. The molecule has 0 atom stereocenters. The number of rotatable bonds is 3. The SMILES string of the molecule is CC(=O)CC(=S)N(C(C)=O)c1ccccc1. The van der Waals surface area contributed by atoms with Gasteiger partial charge in [-0.2, -0.15) is 0 Å². The third kappa shape index (κ3) is 3.24. The van der Waals surface area contributed by atoms with Crippen LogP contribution < -0.4 is 4.90 Å². The van der Waals surface area contributed by atoms with Crippen molar-refractivity contribution >= 4 is 34.6 Å². The van der Waals surface area contributed by atoms with Gasteiger partial charge < -0.3 is 0 Å². The van der Waals surface area contributed by atoms with Crippen molar-refractivity contribution in [2.75, 3.05) is 4.90 Å². The number of amides is 1. The highest BCUT2D eigenvalue weighted by molar-refractivity contribution is 7.80. The van der Waals surface area contributed by atoms with Gasteiger partial charge >= 0.3 is 0 Å². The van der Waals surface area contributed by atoms with E-state index in [9.17, 15) is 9.59 Å². The van der Waals surface area contributed by atoms with E-state index >= 15 is 0 Å². The number of carbonyl (C=O) groups is 2. The summed E-state index contributed by atoms with van der Waals surface area (Å²) in [7, 11) is 0. The van der Waals surface area contributed by atoms with Gasteiger partial charge in [0.15, 0.2) is 0 Å².